The van der Waals surface area contributed by atoms with Crippen molar-refractivity contribution in [1.29, 1.82) is 0 Å². The number of hydrogen-bond donors (Lipinski definition) is 1. The Morgan fingerprint density at radius 2 is 2.13 bits per heavy atom. The molecule has 0 spiro atoms. The van der Waals surface area contributed by atoms with Gasteiger partial charge < -0.3 is 10.1 Å². The molecule has 0 fully saturated rings. The van der Waals surface area contributed by atoms with Crippen LogP contribution in [0.15, 0.2) is 12.2 Å². The van der Waals surface area contributed by atoms with Gasteiger partial charge in [-0.3, -0.25) is 4.90 Å². The zero-order valence-corrected chi connectivity index (χ0v) is 10.7. The summed E-state index contributed by atoms with van der Waals surface area (Å²) in [6.45, 7) is 13.3. The Kier molecular flexibility index (Phi) is 8.67. The maximum atomic E-state index is 5.11. The van der Waals surface area contributed by atoms with Gasteiger partial charge in [0.1, 0.15) is 0 Å². The van der Waals surface area contributed by atoms with E-state index < -0.39 is 0 Å². The summed E-state index contributed by atoms with van der Waals surface area (Å²) in [7, 11) is 3.70. The second-order valence-corrected chi connectivity index (χ2v) is 4.40. The van der Waals surface area contributed by atoms with Gasteiger partial charge in [0.15, 0.2) is 0 Å². The van der Waals surface area contributed by atoms with Crippen molar-refractivity contribution >= 4 is 0 Å². The molecule has 0 atom stereocenters. The minimum absolute atomic E-state index is 0.684. The summed E-state index contributed by atoms with van der Waals surface area (Å²) >= 11 is 0. The molecule has 0 unspecified atom stereocenters. The Balaban J connectivity index is 3.93. The van der Waals surface area contributed by atoms with Gasteiger partial charge in [0, 0.05) is 33.3 Å². The van der Waals surface area contributed by atoms with E-state index in [0.717, 1.165) is 32.8 Å². The number of nitrogens with one attached hydrogen (secondary N) is 1. The fourth-order valence-electron chi connectivity index (χ4n) is 1.59. The van der Waals surface area contributed by atoms with Crippen molar-refractivity contribution in [2.75, 3.05) is 46.9 Å². The summed E-state index contributed by atoms with van der Waals surface area (Å²) in [4.78, 5) is 2.40. The van der Waals surface area contributed by atoms with Crippen LogP contribution in [0.3, 0.4) is 0 Å². The molecule has 0 heterocycles. The summed E-state index contributed by atoms with van der Waals surface area (Å²) < 4.78 is 5.11. The minimum Gasteiger partial charge on any atom is -0.383 e. The molecule has 0 aromatic heterocycles. The van der Waals surface area contributed by atoms with Crippen LogP contribution in [0.1, 0.15) is 13.8 Å². The quantitative estimate of drug-likeness (QED) is 0.587. The molecule has 0 rings (SSSR count). The smallest absolute Gasteiger partial charge is 0.0589 e. The molecule has 0 aliphatic heterocycles. The van der Waals surface area contributed by atoms with Crippen LogP contribution in [-0.2, 0) is 4.74 Å². The maximum Gasteiger partial charge on any atom is 0.0589 e. The van der Waals surface area contributed by atoms with Gasteiger partial charge in [-0.05, 0) is 18.5 Å². The first kappa shape index (κ1) is 14.6. The first-order valence-electron chi connectivity index (χ1n) is 5.62. The minimum atomic E-state index is 0.684. The molecule has 0 aromatic carbocycles. The van der Waals surface area contributed by atoms with E-state index in [1.807, 2.05) is 7.05 Å². The normalized spacial score (nSPS) is 11.3. The number of nitrogens with zero attached hydrogens (tertiary/aromatic N) is 1. The first-order chi connectivity index (χ1) is 7.10. The highest BCUT2D eigenvalue weighted by molar-refractivity contribution is 4.99. The lowest BCUT2D eigenvalue weighted by atomic mass is 10.2. The lowest BCUT2D eigenvalue weighted by Crippen LogP contribution is -2.34. The molecule has 0 aliphatic carbocycles. The van der Waals surface area contributed by atoms with E-state index >= 15 is 0 Å². The van der Waals surface area contributed by atoms with Crippen LogP contribution >= 0.6 is 0 Å². The van der Waals surface area contributed by atoms with Crippen molar-refractivity contribution in [3.63, 3.8) is 0 Å². The molecule has 0 aliphatic rings. The predicted molar refractivity (Wildman–Crippen MR) is 66.2 cm³/mol. The van der Waals surface area contributed by atoms with Gasteiger partial charge in [0.05, 0.1) is 6.61 Å². The molecule has 15 heavy (non-hydrogen) atoms. The van der Waals surface area contributed by atoms with Crippen LogP contribution in [0.2, 0.25) is 0 Å². The van der Waals surface area contributed by atoms with Gasteiger partial charge in [0.2, 0.25) is 0 Å². The Bertz CT molecular complexity index is 169. The topological polar surface area (TPSA) is 24.5 Å². The molecular formula is C12H26N2O. The van der Waals surface area contributed by atoms with Crippen molar-refractivity contribution in [1.82, 2.24) is 10.2 Å². The standard InChI is InChI=1S/C12H26N2O/c1-11(2)9-14(6-7-15-5)10-12(3)8-13-4/h11,13H,3,6-10H2,1-2,4-5H3. The Labute approximate surface area is 94.5 Å². The predicted octanol–water partition coefficient (Wildman–Crippen LogP) is 1.37. The number of likely N-dealkylation sites (N-methyl/N-ethyl adjacent to an activating group) is 1. The fourth-order valence-corrected chi connectivity index (χ4v) is 1.59. The maximum absolute atomic E-state index is 5.11. The van der Waals surface area contributed by atoms with E-state index in [1.165, 1.54) is 5.57 Å². The molecule has 90 valence electrons. The van der Waals surface area contributed by atoms with E-state index in [4.69, 9.17) is 4.74 Å². The molecule has 0 saturated heterocycles. The Morgan fingerprint density at radius 1 is 1.47 bits per heavy atom. The molecule has 1 N–H and O–H groups in total. The summed E-state index contributed by atoms with van der Waals surface area (Å²) in [5, 5.41) is 3.12. The third-order valence-electron chi connectivity index (χ3n) is 2.11. The van der Waals surface area contributed by atoms with E-state index in [9.17, 15) is 0 Å². The number of ether oxygens (including phenoxy) is 1. The number of rotatable bonds is 9. The first-order valence-corrected chi connectivity index (χ1v) is 5.62. The Hall–Kier alpha value is -0.380. The van der Waals surface area contributed by atoms with Gasteiger partial charge in [-0.25, -0.2) is 0 Å². The zero-order chi connectivity index (χ0) is 11.7. The van der Waals surface area contributed by atoms with Gasteiger partial charge >= 0.3 is 0 Å². The summed E-state index contributed by atoms with van der Waals surface area (Å²) in [6.07, 6.45) is 0. The van der Waals surface area contributed by atoms with Crippen LogP contribution in [-0.4, -0.2) is 51.8 Å². The summed E-state index contributed by atoms with van der Waals surface area (Å²) in [6, 6.07) is 0. The Morgan fingerprint density at radius 3 is 2.60 bits per heavy atom. The van der Waals surface area contributed by atoms with Crippen molar-refractivity contribution in [3.8, 4) is 0 Å². The summed E-state index contributed by atoms with van der Waals surface area (Å²) in [5.41, 5.74) is 1.23. The molecule has 0 aromatic rings. The average molecular weight is 214 g/mol. The van der Waals surface area contributed by atoms with Crippen molar-refractivity contribution in [2.24, 2.45) is 5.92 Å². The van der Waals surface area contributed by atoms with Gasteiger partial charge in [-0.15, -0.1) is 0 Å². The molecule has 0 saturated carbocycles. The SMILES string of the molecule is C=C(CNC)CN(CCOC)CC(C)C. The highest BCUT2D eigenvalue weighted by atomic mass is 16.5. The second kappa shape index (κ2) is 8.89. The van der Waals surface area contributed by atoms with Crippen LogP contribution in [0.4, 0.5) is 0 Å². The third-order valence-corrected chi connectivity index (χ3v) is 2.11. The second-order valence-electron chi connectivity index (χ2n) is 4.40. The van der Waals surface area contributed by atoms with Gasteiger partial charge in [-0.2, -0.15) is 0 Å². The lowest BCUT2D eigenvalue weighted by molar-refractivity contribution is 0.145. The van der Waals surface area contributed by atoms with Gasteiger partial charge in [-0.1, -0.05) is 20.4 Å². The van der Waals surface area contributed by atoms with Crippen LogP contribution < -0.4 is 5.32 Å². The zero-order valence-electron chi connectivity index (χ0n) is 10.7. The highest BCUT2D eigenvalue weighted by Gasteiger charge is 2.08. The highest BCUT2D eigenvalue weighted by Crippen LogP contribution is 2.02. The molecule has 0 bridgehead atoms. The van der Waals surface area contributed by atoms with Gasteiger partial charge in [0.25, 0.3) is 0 Å². The van der Waals surface area contributed by atoms with Crippen LogP contribution in [0.25, 0.3) is 0 Å². The molecule has 0 amide bonds. The molecular weight excluding hydrogens is 188 g/mol. The van der Waals surface area contributed by atoms with E-state index in [1.54, 1.807) is 7.11 Å². The van der Waals surface area contributed by atoms with Crippen molar-refractivity contribution in [3.05, 3.63) is 12.2 Å². The van der Waals surface area contributed by atoms with E-state index in [-0.39, 0.29) is 0 Å². The number of hydrogen-bond acceptors (Lipinski definition) is 3. The van der Waals surface area contributed by atoms with Crippen LogP contribution in [0, 0.1) is 5.92 Å². The summed E-state index contributed by atoms with van der Waals surface area (Å²) in [5.74, 6) is 0.684. The third kappa shape index (κ3) is 8.60. The molecule has 0 radical (unpaired) electrons. The molecule has 3 nitrogen and oxygen atoms in total. The fraction of sp³-hybridized carbons (Fsp3) is 0.833. The largest absolute Gasteiger partial charge is 0.383 e. The van der Waals surface area contributed by atoms with Crippen molar-refractivity contribution in [2.45, 2.75) is 13.8 Å². The average Bonchev–Trinajstić information content (AvgIpc) is 2.13. The number of methoxy groups -OCH3 is 1. The van der Waals surface area contributed by atoms with Crippen molar-refractivity contribution < 1.29 is 4.74 Å². The lowest BCUT2D eigenvalue weighted by Gasteiger charge is -2.24. The van der Waals surface area contributed by atoms with E-state index in [0.29, 0.717) is 5.92 Å². The monoisotopic (exact) mass is 214 g/mol. The van der Waals surface area contributed by atoms with Crippen LogP contribution in [0.5, 0.6) is 0 Å². The van der Waals surface area contributed by atoms with E-state index in [2.05, 4.69) is 30.6 Å². The molecule has 3 heteroatoms.